The lowest BCUT2D eigenvalue weighted by molar-refractivity contribution is 0.0182. The second-order valence-electron chi connectivity index (χ2n) is 3.87. The molecule has 2 heterocycles. The van der Waals surface area contributed by atoms with Crippen molar-refractivity contribution >= 4 is 16.3 Å². The molecule has 0 saturated carbocycles. The number of aromatic nitrogens is 2. The van der Waals surface area contributed by atoms with Crippen LogP contribution >= 0.6 is 11.3 Å². The van der Waals surface area contributed by atoms with Gasteiger partial charge in [-0.2, -0.15) is 4.98 Å². The minimum Gasteiger partial charge on any atom is -0.390 e. The van der Waals surface area contributed by atoms with Crippen molar-refractivity contribution in [1.82, 2.24) is 10.1 Å². The second-order valence-corrected chi connectivity index (χ2v) is 5.15. The van der Waals surface area contributed by atoms with Crippen LogP contribution in [-0.2, 0) is 11.2 Å². The molecule has 0 aromatic carbocycles. The van der Waals surface area contributed by atoms with Crippen molar-refractivity contribution in [3.05, 3.63) is 16.8 Å². The van der Waals surface area contributed by atoms with Crippen molar-refractivity contribution in [2.45, 2.75) is 19.8 Å². The first-order chi connectivity index (χ1) is 9.06. The lowest BCUT2D eigenvalue weighted by Crippen LogP contribution is -2.07. The van der Waals surface area contributed by atoms with E-state index in [1.165, 1.54) is 11.3 Å². The molecule has 0 spiro atoms. The lowest BCUT2D eigenvalue weighted by atomic mass is 10.3. The van der Waals surface area contributed by atoms with Crippen LogP contribution in [0, 0.1) is 6.92 Å². The quantitative estimate of drug-likeness (QED) is 0.827. The van der Waals surface area contributed by atoms with Gasteiger partial charge < -0.3 is 15.0 Å². The maximum Gasteiger partial charge on any atom is 0.261 e. The Morgan fingerprint density at radius 1 is 1.53 bits per heavy atom. The van der Waals surface area contributed by atoms with Gasteiger partial charge in [0, 0.05) is 11.3 Å². The topological polar surface area (TPSA) is 74.2 Å². The summed E-state index contributed by atoms with van der Waals surface area (Å²) >= 11 is 1.44. The largest absolute Gasteiger partial charge is 0.390 e. The van der Waals surface area contributed by atoms with Crippen molar-refractivity contribution in [3.63, 3.8) is 0 Å². The number of ether oxygens (including phenoxy) is 1. The Balaban J connectivity index is 1.94. The van der Waals surface area contributed by atoms with Gasteiger partial charge in [-0.25, -0.2) is 8.78 Å². The third kappa shape index (κ3) is 3.71. The molecule has 0 unspecified atom stereocenters. The van der Waals surface area contributed by atoms with E-state index in [0.29, 0.717) is 28.7 Å². The number of thiophene rings is 1. The Morgan fingerprint density at radius 3 is 2.95 bits per heavy atom. The fraction of sp³-hybridized carbons (Fsp3) is 0.455. The highest BCUT2D eigenvalue weighted by atomic mass is 32.1. The van der Waals surface area contributed by atoms with Crippen LogP contribution in [0.25, 0.3) is 11.5 Å². The number of nitrogens with two attached hydrogens (primary N) is 1. The van der Waals surface area contributed by atoms with E-state index in [1.54, 1.807) is 0 Å². The number of nitrogens with zero attached hydrogens (tertiary/aromatic N) is 2. The predicted octanol–water partition coefficient (Wildman–Crippen LogP) is 2.51. The third-order valence-electron chi connectivity index (χ3n) is 2.30. The van der Waals surface area contributed by atoms with Crippen LogP contribution in [0.5, 0.6) is 0 Å². The van der Waals surface area contributed by atoms with Crippen LogP contribution in [0.4, 0.5) is 13.8 Å². The minimum atomic E-state index is -2.46. The van der Waals surface area contributed by atoms with Crippen molar-refractivity contribution in [2.75, 3.05) is 18.9 Å². The number of hydrogen-bond acceptors (Lipinski definition) is 6. The van der Waals surface area contributed by atoms with E-state index >= 15 is 0 Å². The Kier molecular flexibility index (Phi) is 4.43. The van der Waals surface area contributed by atoms with Crippen LogP contribution in [-0.4, -0.2) is 29.8 Å². The zero-order valence-corrected chi connectivity index (χ0v) is 11.0. The van der Waals surface area contributed by atoms with Gasteiger partial charge in [0.2, 0.25) is 0 Å². The number of alkyl halides is 2. The summed E-state index contributed by atoms with van der Waals surface area (Å²) in [6.07, 6.45) is -2.14. The maximum atomic E-state index is 11.8. The van der Waals surface area contributed by atoms with E-state index in [4.69, 9.17) is 15.0 Å². The van der Waals surface area contributed by atoms with E-state index in [9.17, 15) is 8.78 Å². The number of aryl methyl sites for hydroxylation is 1. The van der Waals surface area contributed by atoms with Crippen LogP contribution in [0.1, 0.15) is 10.7 Å². The van der Waals surface area contributed by atoms with Crippen LogP contribution in [0.15, 0.2) is 10.6 Å². The standard InChI is InChI=1S/C11H13F2N3O2S/c1-6-4-7(10(14)19-6)11-15-9(16-18-11)2-3-17-5-8(12)13/h4,8H,2-3,5,14H2,1H3. The monoisotopic (exact) mass is 289 g/mol. The summed E-state index contributed by atoms with van der Waals surface area (Å²) in [5.41, 5.74) is 6.52. The van der Waals surface area contributed by atoms with Gasteiger partial charge in [0.25, 0.3) is 12.3 Å². The molecule has 0 aliphatic heterocycles. The SMILES string of the molecule is Cc1cc(-c2nc(CCOCC(F)F)no2)c(N)s1. The van der Waals surface area contributed by atoms with Gasteiger partial charge in [-0.1, -0.05) is 5.16 Å². The average Bonchev–Trinajstić information content (AvgIpc) is 2.91. The van der Waals surface area contributed by atoms with Crippen LogP contribution in [0.3, 0.4) is 0 Å². The highest BCUT2D eigenvalue weighted by molar-refractivity contribution is 7.16. The Labute approximate surface area is 112 Å². The van der Waals surface area contributed by atoms with E-state index in [-0.39, 0.29) is 6.61 Å². The molecule has 19 heavy (non-hydrogen) atoms. The number of halogens is 2. The van der Waals surface area contributed by atoms with Crippen LogP contribution in [0.2, 0.25) is 0 Å². The van der Waals surface area contributed by atoms with Crippen molar-refractivity contribution < 1.29 is 18.0 Å². The molecule has 2 aromatic rings. The van der Waals surface area contributed by atoms with E-state index in [0.717, 1.165) is 4.88 Å². The number of rotatable bonds is 6. The molecule has 104 valence electrons. The minimum absolute atomic E-state index is 0.126. The van der Waals surface area contributed by atoms with Gasteiger partial charge in [0.15, 0.2) is 5.82 Å². The molecule has 8 heteroatoms. The molecular formula is C11H13F2N3O2S. The molecule has 0 fully saturated rings. The smallest absolute Gasteiger partial charge is 0.261 e. The zero-order chi connectivity index (χ0) is 13.8. The summed E-state index contributed by atoms with van der Waals surface area (Å²) in [7, 11) is 0. The first-order valence-corrected chi connectivity index (χ1v) is 6.42. The number of hydrogen-bond donors (Lipinski definition) is 1. The summed E-state index contributed by atoms with van der Waals surface area (Å²) in [5.74, 6) is 0.748. The second kappa shape index (κ2) is 6.07. The highest BCUT2D eigenvalue weighted by Gasteiger charge is 2.14. The Morgan fingerprint density at radius 2 is 2.32 bits per heavy atom. The molecular weight excluding hydrogens is 276 g/mol. The van der Waals surface area contributed by atoms with Gasteiger partial charge >= 0.3 is 0 Å². The maximum absolute atomic E-state index is 11.8. The zero-order valence-electron chi connectivity index (χ0n) is 10.2. The van der Waals surface area contributed by atoms with Crippen molar-refractivity contribution in [1.29, 1.82) is 0 Å². The molecule has 0 saturated heterocycles. The van der Waals surface area contributed by atoms with Gasteiger partial charge in [-0.15, -0.1) is 11.3 Å². The molecule has 0 atom stereocenters. The van der Waals surface area contributed by atoms with Crippen LogP contribution < -0.4 is 5.73 Å². The highest BCUT2D eigenvalue weighted by Crippen LogP contribution is 2.32. The molecule has 2 aromatic heterocycles. The van der Waals surface area contributed by atoms with Gasteiger partial charge in [0.05, 0.1) is 17.2 Å². The Bertz CT molecular complexity index is 542. The molecule has 0 amide bonds. The van der Waals surface area contributed by atoms with Gasteiger partial charge in [-0.3, -0.25) is 0 Å². The molecule has 2 N–H and O–H groups in total. The fourth-order valence-corrected chi connectivity index (χ4v) is 2.28. The summed E-state index contributed by atoms with van der Waals surface area (Å²) in [6.45, 7) is 1.48. The summed E-state index contributed by atoms with van der Waals surface area (Å²) in [4.78, 5) is 5.20. The first-order valence-electron chi connectivity index (χ1n) is 5.61. The van der Waals surface area contributed by atoms with Gasteiger partial charge in [0.1, 0.15) is 6.61 Å². The first kappa shape index (κ1) is 13.9. The summed E-state index contributed by atoms with van der Waals surface area (Å²) in [5, 5.41) is 4.37. The van der Waals surface area contributed by atoms with Crippen molar-refractivity contribution in [3.8, 4) is 11.5 Å². The molecule has 0 aliphatic rings. The molecule has 5 nitrogen and oxygen atoms in total. The van der Waals surface area contributed by atoms with Gasteiger partial charge in [-0.05, 0) is 13.0 Å². The molecule has 2 rings (SSSR count). The number of nitrogen functional groups attached to an aromatic ring is 1. The molecule has 0 aliphatic carbocycles. The van der Waals surface area contributed by atoms with E-state index < -0.39 is 13.0 Å². The fourth-order valence-electron chi connectivity index (χ4n) is 1.50. The summed E-state index contributed by atoms with van der Waals surface area (Å²) < 4.78 is 33.5. The van der Waals surface area contributed by atoms with Crippen molar-refractivity contribution in [2.24, 2.45) is 0 Å². The molecule has 0 radical (unpaired) electrons. The predicted molar refractivity (Wildman–Crippen MR) is 67.3 cm³/mol. The van der Waals surface area contributed by atoms with E-state index in [2.05, 4.69) is 10.1 Å². The number of anilines is 1. The average molecular weight is 289 g/mol. The third-order valence-corrected chi connectivity index (χ3v) is 3.18. The lowest BCUT2D eigenvalue weighted by Gasteiger charge is -1.99. The Hall–Kier alpha value is -1.54. The normalized spacial score (nSPS) is 11.4. The summed E-state index contributed by atoms with van der Waals surface area (Å²) in [6, 6.07) is 1.87. The molecule has 0 bridgehead atoms. The van der Waals surface area contributed by atoms with E-state index in [1.807, 2.05) is 13.0 Å².